The number of methoxy groups -OCH3 is 1. The number of rotatable bonds is 7. The summed E-state index contributed by atoms with van der Waals surface area (Å²) in [6.45, 7) is 3.91. The van der Waals surface area contributed by atoms with E-state index in [2.05, 4.69) is 15.6 Å². The van der Waals surface area contributed by atoms with Crippen molar-refractivity contribution in [2.24, 2.45) is 4.99 Å². The zero-order chi connectivity index (χ0) is 16.4. The Morgan fingerprint density at radius 1 is 1.23 bits per heavy atom. The molecule has 1 amide bonds. The molecule has 6 heteroatoms. The first kappa shape index (κ1) is 17.8. The smallest absolute Gasteiger partial charge is 0.223 e. The predicted molar refractivity (Wildman–Crippen MR) is 89.1 cm³/mol. The summed E-state index contributed by atoms with van der Waals surface area (Å²) in [5.41, 5.74) is 1.10. The summed E-state index contributed by atoms with van der Waals surface area (Å²) < 4.78 is 5.13. The fourth-order valence-electron chi connectivity index (χ4n) is 1.75. The van der Waals surface area contributed by atoms with Crippen LogP contribution in [0.3, 0.4) is 0 Å². The molecule has 0 aliphatic heterocycles. The number of hydrogen-bond acceptors (Lipinski definition) is 3. The quantitative estimate of drug-likeness (QED) is 0.587. The van der Waals surface area contributed by atoms with Gasteiger partial charge in [0, 0.05) is 33.6 Å². The Hall–Kier alpha value is -2.24. The van der Waals surface area contributed by atoms with Gasteiger partial charge in [-0.1, -0.05) is 12.1 Å². The van der Waals surface area contributed by atoms with E-state index in [1.54, 1.807) is 26.1 Å². The second kappa shape index (κ2) is 9.65. The van der Waals surface area contributed by atoms with Gasteiger partial charge in [-0.3, -0.25) is 4.79 Å². The third-order valence-electron chi connectivity index (χ3n) is 3.05. The van der Waals surface area contributed by atoms with Crippen LogP contribution in [0, 0.1) is 0 Å². The lowest BCUT2D eigenvalue weighted by molar-refractivity contribution is -0.128. The lowest BCUT2D eigenvalue weighted by Gasteiger charge is -2.13. The number of aliphatic imine (C=N–C) groups is 1. The highest BCUT2D eigenvalue weighted by molar-refractivity contribution is 5.81. The van der Waals surface area contributed by atoms with Crippen LogP contribution in [-0.4, -0.2) is 51.1 Å². The minimum atomic E-state index is 0.0958. The minimum absolute atomic E-state index is 0.0958. The van der Waals surface area contributed by atoms with Gasteiger partial charge >= 0.3 is 0 Å². The Labute approximate surface area is 132 Å². The van der Waals surface area contributed by atoms with E-state index >= 15 is 0 Å². The van der Waals surface area contributed by atoms with Gasteiger partial charge in [-0.25, -0.2) is 4.99 Å². The van der Waals surface area contributed by atoms with E-state index in [9.17, 15) is 4.79 Å². The van der Waals surface area contributed by atoms with Crippen molar-refractivity contribution in [3.05, 3.63) is 29.8 Å². The number of carbonyl (C=O) groups is 1. The molecular weight excluding hydrogens is 280 g/mol. The Bertz CT molecular complexity index is 483. The molecule has 1 aromatic carbocycles. The van der Waals surface area contributed by atoms with Crippen LogP contribution >= 0.6 is 0 Å². The number of benzene rings is 1. The number of nitrogens with zero attached hydrogens (tertiary/aromatic N) is 2. The minimum Gasteiger partial charge on any atom is -0.497 e. The van der Waals surface area contributed by atoms with Gasteiger partial charge in [0.2, 0.25) is 5.91 Å². The van der Waals surface area contributed by atoms with E-state index in [0.717, 1.165) is 17.9 Å². The maximum absolute atomic E-state index is 11.5. The Morgan fingerprint density at radius 2 is 1.91 bits per heavy atom. The molecule has 0 saturated heterocycles. The van der Waals surface area contributed by atoms with Crippen molar-refractivity contribution in [1.29, 1.82) is 0 Å². The molecule has 122 valence electrons. The zero-order valence-corrected chi connectivity index (χ0v) is 13.8. The molecule has 1 aromatic rings. The summed E-state index contributed by atoms with van der Waals surface area (Å²) in [5.74, 6) is 1.64. The fourth-order valence-corrected chi connectivity index (χ4v) is 1.75. The third kappa shape index (κ3) is 6.47. The maximum atomic E-state index is 11.5. The molecule has 0 aliphatic rings. The third-order valence-corrected chi connectivity index (χ3v) is 3.05. The Kier molecular flexibility index (Phi) is 7.81. The number of ether oxygens (including phenoxy) is 1. The highest BCUT2D eigenvalue weighted by atomic mass is 16.5. The average Bonchev–Trinajstić information content (AvgIpc) is 2.52. The maximum Gasteiger partial charge on any atom is 0.223 e. The van der Waals surface area contributed by atoms with E-state index in [1.165, 1.54) is 0 Å². The Balaban J connectivity index is 2.51. The number of amides is 1. The molecule has 0 saturated carbocycles. The standard InChI is InChI=1S/C16H26N4O2/c1-5-17-16(18-11-10-15(21)20(2)3)19-12-13-6-8-14(22-4)9-7-13/h6-9H,5,10-12H2,1-4H3,(H2,17,18,19). The number of carbonyl (C=O) groups excluding carboxylic acids is 1. The zero-order valence-electron chi connectivity index (χ0n) is 13.8. The first-order valence-corrected chi connectivity index (χ1v) is 7.42. The summed E-state index contributed by atoms with van der Waals surface area (Å²) in [6, 6.07) is 7.81. The molecule has 0 aromatic heterocycles. The van der Waals surface area contributed by atoms with Crippen LogP contribution in [0.1, 0.15) is 18.9 Å². The number of guanidine groups is 1. The van der Waals surface area contributed by atoms with Crippen LogP contribution < -0.4 is 15.4 Å². The molecule has 0 fully saturated rings. The van der Waals surface area contributed by atoms with E-state index in [1.807, 2.05) is 31.2 Å². The van der Waals surface area contributed by atoms with Gasteiger partial charge in [-0.15, -0.1) is 0 Å². The SMILES string of the molecule is CCNC(=NCc1ccc(OC)cc1)NCCC(=O)N(C)C. The Morgan fingerprint density at radius 3 is 2.45 bits per heavy atom. The van der Waals surface area contributed by atoms with Gasteiger partial charge in [0.15, 0.2) is 5.96 Å². The first-order chi connectivity index (χ1) is 10.6. The molecule has 6 nitrogen and oxygen atoms in total. The van der Waals surface area contributed by atoms with Gasteiger partial charge < -0.3 is 20.3 Å². The molecule has 1 rings (SSSR count). The molecule has 0 bridgehead atoms. The molecule has 0 atom stereocenters. The van der Waals surface area contributed by atoms with Crippen LogP contribution in [-0.2, 0) is 11.3 Å². The van der Waals surface area contributed by atoms with Gasteiger partial charge in [0.05, 0.1) is 13.7 Å². The van der Waals surface area contributed by atoms with Crippen LogP contribution in [0.2, 0.25) is 0 Å². The van der Waals surface area contributed by atoms with Gasteiger partial charge in [-0.05, 0) is 24.6 Å². The second-order valence-corrected chi connectivity index (χ2v) is 5.01. The predicted octanol–water partition coefficient (Wildman–Crippen LogP) is 1.23. The molecule has 22 heavy (non-hydrogen) atoms. The van der Waals surface area contributed by atoms with Crippen molar-refractivity contribution in [3.63, 3.8) is 0 Å². The van der Waals surface area contributed by atoms with Crippen LogP contribution in [0.25, 0.3) is 0 Å². The van der Waals surface area contributed by atoms with Gasteiger partial charge in [0.1, 0.15) is 5.75 Å². The summed E-state index contributed by atoms with van der Waals surface area (Å²) in [7, 11) is 5.16. The molecule has 0 radical (unpaired) electrons. The normalized spacial score (nSPS) is 11.0. The molecular formula is C16H26N4O2. The monoisotopic (exact) mass is 306 g/mol. The average molecular weight is 306 g/mol. The van der Waals surface area contributed by atoms with E-state index in [4.69, 9.17) is 4.74 Å². The second-order valence-electron chi connectivity index (χ2n) is 5.01. The lowest BCUT2D eigenvalue weighted by Crippen LogP contribution is -2.39. The molecule has 0 aliphatic carbocycles. The fraction of sp³-hybridized carbons (Fsp3) is 0.500. The summed E-state index contributed by atoms with van der Waals surface area (Å²) in [4.78, 5) is 17.6. The van der Waals surface area contributed by atoms with Crippen molar-refractivity contribution in [2.45, 2.75) is 19.9 Å². The summed E-state index contributed by atoms with van der Waals surface area (Å²) >= 11 is 0. The highest BCUT2D eigenvalue weighted by Gasteiger charge is 2.04. The molecule has 0 unspecified atom stereocenters. The van der Waals surface area contributed by atoms with Crippen molar-refractivity contribution >= 4 is 11.9 Å². The molecule has 2 N–H and O–H groups in total. The van der Waals surface area contributed by atoms with Crippen molar-refractivity contribution in [3.8, 4) is 5.75 Å². The highest BCUT2D eigenvalue weighted by Crippen LogP contribution is 2.11. The van der Waals surface area contributed by atoms with Crippen LogP contribution in [0.5, 0.6) is 5.75 Å². The van der Waals surface area contributed by atoms with E-state index < -0.39 is 0 Å². The topological polar surface area (TPSA) is 66.0 Å². The van der Waals surface area contributed by atoms with E-state index in [-0.39, 0.29) is 5.91 Å². The van der Waals surface area contributed by atoms with Crippen LogP contribution in [0.4, 0.5) is 0 Å². The van der Waals surface area contributed by atoms with E-state index in [0.29, 0.717) is 25.5 Å². The van der Waals surface area contributed by atoms with Crippen molar-refractivity contribution in [2.75, 3.05) is 34.3 Å². The van der Waals surface area contributed by atoms with Gasteiger partial charge in [0.25, 0.3) is 0 Å². The summed E-state index contributed by atoms with van der Waals surface area (Å²) in [6.07, 6.45) is 0.444. The summed E-state index contributed by atoms with van der Waals surface area (Å²) in [5, 5.41) is 6.33. The molecule has 0 spiro atoms. The van der Waals surface area contributed by atoms with Crippen LogP contribution in [0.15, 0.2) is 29.3 Å². The number of nitrogens with one attached hydrogen (secondary N) is 2. The van der Waals surface area contributed by atoms with Crippen molar-refractivity contribution < 1.29 is 9.53 Å². The van der Waals surface area contributed by atoms with Gasteiger partial charge in [-0.2, -0.15) is 0 Å². The molecule has 0 heterocycles. The largest absolute Gasteiger partial charge is 0.497 e. The van der Waals surface area contributed by atoms with Crippen molar-refractivity contribution in [1.82, 2.24) is 15.5 Å². The first-order valence-electron chi connectivity index (χ1n) is 7.42. The number of hydrogen-bond donors (Lipinski definition) is 2. The lowest BCUT2D eigenvalue weighted by atomic mass is 10.2.